The van der Waals surface area contributed by atoms with Gasteiger partial charge in [-0.15, -0.1) is 0 Å². The van der Waals surface area contributed by atoms with E-state index >= 15 is 0 Å². The molecule has 0 bridgehead atoms. The summed E-state index contributed by atoms with van der Waals surface area (Å²) < 4.78 is 56.2. The van der Waals surface area contributed by atoms with Crippen molar-refractivity contribution in [3.8, 4) is 5.75 Å². The van der Waals surface area contributed by atoms with Crippen LogP contribution >= 0.6 is 0 Å². The number of hydrogen-bond acceptors (Lipinski definition) is 3. The molecule has 1 aromatic rings. The highest BCUT2D eigenvalue weighted by molar-refractivity contribution is 7.84. The molecule has 1 N–H and O–H groups in total. The SMILES string of the molecule is Cc1ccc(OCC(F)(F)F)c([C@@H](C)N[S@](=O)C(C)(C)C)n1. The smallest absolute Gasteiger partial charge is 0.422 e. The zero-order valence-electron chi connectivity index (χ0n) is 13.2. The van der Waals surface area contributed by atoms with Crippen molar-refractivity contribution in [2.75, 3.05) is 6.61 Å². The third kappa shape index (κ3) is 5.92. The van der Waals surface area contributed by atoms with E-state index in [4.69, 9.17) is 4.74 Å². The average Bonchev–Trinajstić information content (AvgIpc) is 2.34. The summed E-state index contributed by atoms with van der Waals surface area (Å²) in [6.45, 7) is 7.42. The molecular formula is C14H21F3N2O2S. The lowest BCUT2D eigenvalue weighted by Crippen LogP contribution is -2.35. The van der Waals surface area contributed by atoms with Crippen molar-refractivity contribution in [2.24, 2.45) is 0 Å². The van der Waals surface area contributed by atoms with Crippen LogP contribution < -0.4 is 9.46 Å². The topological polar surface area (TPSA) is 51.2 Å². The average molecular weight is 338 g/mol. The molecule has 0 fully saturated rings. The minimum Gasteiger partial charge on any atom is -0.482 e. The first-order valence-electron chi connectivity index (χ1n) is 6.75. The number of nitrogens with one attached hydrogen (secondary N) is 1. The van der Waals surface area contributed by atoms with Crippen LogP contribution in [0.15, 0.2) is 12.1 Å². The molecular weight excluding hydrogens is 317 g/mol. The second-order valence-electron chi connectivity index (χ2n) is 5.96. The largest absolute Gasteiger partial charge is 0.482 e. The Bertz CT molecular complexity index is 542. The van der Waals surface area contributed by atoms with Crippen LogP contribution in [0.5, 0.6) is 5.75 Å². The van der Waals surface area contributed by atoms with Gasteiger partial charge in [0.05, 0.1) is 21.8 Å². The van der Waals surface area contributed by atoms with Gasteiger partial charge in [-0.05, 0) is 46.8 Å². The Morgan fingerprint density at radius 1 is 1.32 bits per heavy atom. The van der Waals surface area contributed by atoms with E-state index in [0.29, 0.717) is 11.4 Å². The Balaban J connectivity index is 2.96. The van der Waals surface area contributed by atoms with Gasteiger partial charge in [0, 0.05) is 5.69 Å². The van der Waals surface area contributed by atoms with Crippen LogP contribution in [0.4, 0.5) is 13.2 Å². The fourth-order valence-electron chi connectivity index (χ4n) is 1.55. The molecule has 8 heteroatoms. The van der Waals surface area contributed by atoms with Crippen molar-refractivity contribution in [1.29, 1.82) is 0 Å². The number of pyridine rings is 1. The van der Waals surface area contributed by atoms with E-state index in [1.54, 1.807) is 40.7 Å². The summed E-state index contributed by atoms with van der Waals surface area (Å²) in [5.41, 5.74) is 0.950. The predicted molar refractivity (Wildman–Crippen MR) is 80.0 cm³/mol. The summed E-state index contributed by atoms with van der Waals surface area (Å²) in [7, 11) is -1.37. The lowest BCUT2D eigenvalue weighted by atomic mass is 10.2. The Morgan fingerprint density at radius 2 is 1.91 bits per heavy atom. The van der Waals surface area contributed by atoms with Crippen molar-refractivity contribution in [2.45, 2.75) is 51.6 Å². The van der Waals surface area contributed by atoms with Crippen LogP contribution in [0.25, 0.3) is 0 Å². The van der Waals surface area contributed by atoms with Crippen LogP contribution in [-0.2, 0) is 11.0 Å². The monoisotopic (exact) mass is 338 g/mol. The van der Waals surface area contributed by atoms with Gasteiger partial charge in [-0.25, -0.2) is 8.93 Å². The third-order valence-electron chi connectivity index (χ3n) is 2.67. The van der Waals surface area contributed by atoms with Gasteiger partial charge < -0.3 is 4.74 Å². The molecule has 0 saturated carbocycles. The van der Waals surface area contributed by atoms with Gasteiger partial charge >= 0.3 is 6.18 Å². The van der Waals surface area contributed by atoms with E-state index in [0.717, 1.165) is 0 Å². The van der Waals surface area contributed by atoms with Crippen molar-refractivity contribution in [3.05, 3.63) is 23.5 Å². The molecule has 0 aliphatic heterocycles. The fourth-order valence-corrected chi connectivity index (χ4v) is 2.34. The standard InChI is InChI=1S/C14H21F3N2O2S/c1-9-6-7-11(21-8-14(15,16)17)12(18-9)10(2)19-22(20)13(3,4)5/h6-7,10,19H,8H2,1-5H3/t10-,22-/m1/s1. The maximum Gasteiger partial charge on any atom is 0.422 e. The van der Waals surface area contributed by atoms with E-state index in [-0.39, 0.29) is 5.75 Å². The van der Waals surface area contributed by atoms with Gasteiger partial charge in [0.15, 0.2) is 6.61 Å². The van der Waals surface area contributed by atoms with Crippen molar-refractivity contribution in [1.82, 2.24) is 9.71 Å². The van der Waals surface area contributed by atoms with E-state index < -0.39 is 34.6 Å². The Morgan fingerprint density at radius 3 is 2.41 bits per heavy atom. The molecule has 1 rings (SSSR count). The van der Waals surface area contributed by atoms with Gasteiger partial charge in [0.1, 0.15) is 11.4 Å². The summed E-state index contributed by atoms with van der Waals surface area (Å²) >= 11 is 0. The number of alkyl halides is 3. The highest BCUT2D eigenvalue weighted by Gasteiger charge is 2.30. The van der Waals surface area contributed by atoms with Gasteiger partial charge in [0.2, 0.25) is 0 Å². The van der Waals surface area contributed by atoms with Crippen LogP contribution in [0.3, 0.4) is 0 Å². The molecule has 126 valence electrons. The summed E-state index contributed by atoms with van der Waals surface area (Å²) in [6, 6.07) is 2.51. The third-order valence-corrected chi connectivity index (χ3v) is 4.35. The Hall–Kier alpha value is -1.15. The minimum atomic E-state index is -4.42. The molecule has 22 heavy (non-hydrogen) atoms. The quantitative estimate of drug-likeness (QED) is 0.895. The van der Waals surface area contributed by atoms with E-state index in [1.165, 1.54) is 6.07 Å². The van der Waals surface area contributed by atoms with Crippen molar-refractivity contribution in [3.63, 3.8) is 0 Å². The second kappa shape index (κ2) is 6.95. The number of halogens is 3. The van der Waals surface area contributed by atoms with Gasteiger partial charge in [-0.2, -0.15) is 13.2 Å². The zero-order valence-corrected chi connectivity index (χ0v) is 14.1. The molecule has 0 aliphatic rings. The van der Waals surface area contributed by atoms with Gasteiger partial charge in [-0.3, -0.25) is 4.98 Å². The van der Waals surface area contributed by atoms with Crippen molar-refractivity contribution < 1.29 is 22.1 Å². The first-order valence-corrected chi connectivity index (χ1v) is 7.90. The van der Waals surface area contributed by atoms with E-state index in [2.05, 4.69) is 9.71 Å². The maximum absolute atomic E-state index is 12.3. The molecule has 0 saturated heterocycles. The number of aryl methyl sites for hydroxylation is 1. The number of ether oxygens (including phenoxy) is 1. The molecule has 0 radical (unpaired) electrons. The molecule has 1 aromatic heterocycles. The molecule has 0 spiro atoms. The molecule has 0 aliphatic carbocycles. The summed E-state index contributed by atoms with van der Waals surface area (Å²) in [6.07, 6.45) is -4.42. The fraction of sp³-hybridized carbons (Fsp3) is 0.643. The predicted octanol–water partition coefficient (Wildman–Crippen LogP) is 3.44. The number of rotatable bonds is 5. The summed E-state index contributed by atoms with van der Waals surface area (Å²) in [4.78, 5) is 4.22. The number of hydrogen-bond donors (Lipinski definition) is 1. The number of aromatic nitrogens is 1. The highest BCUT2D eigenvalue weighted by Crippen LogP contribution is 2.27. The molecule has 1 heterocycles. The normalized spacial score (nSPS) is 15.5. The molecule has 4 nitrogen and oxygen atoms in total. The second-order valence-corrected chi connectivity index (χ2v) is 7.96. The molecule has 2 atom stereocenters. The zero-order chi connectivity index (χ0) is 17.1. The van der Waals surface area contributed by atoms with Crippen molar-refractivity contribution >= 4 is 11.0 Å². The van der Waals surface area contributed by atoms with E-state index in [9.17, 15) is 17.4 Å². The van der Waals surface area contributed by atoms with Crippen LogP contribution in [0.2, 0.25) is 0 Å². The molecule has 0 amide bonds. The van der Waals surface area contributed by atoms with Crippen LogP contribution in [0, 0.1) is 6.92 Å². The van der Waals surface area contributed by atoms with Crippen LogP contribution in [0.1, 0.15) is 45.1 Å². The molecule has 0 unspecified atom stereocenters. The molecule has 0 aromatic carbocycles. The van der Waals surface area contributed by atoms with E-state index in [1.807, 2.05) is 0 Å². The summed E-state index contributed by atoms with van der Waals surface area (Å²) in [5.74, 6) is 0.0360. The maximum atomic E-state index is 12.3. The van der Waals surface area contributed by atoms with Crippen LogP contribution in [-0.4, -0.2) is 26.7 Å². The van der Waals surface area contributed by atoms with Gasteiger partial charge in [0.25, 0.3) is 0 Å². The number of nitrogens with zero attached hydrogens (tertiary/aromatic N) is 1. The van der Waals surface area contributed by atoms with Gasteiger partial charge in [-0.1, -0.05) is 0 Å². The highest BCUT2D eigenvalue weighted by atomic mass is 32.2. The summed E-state index contributed by atoms with van der Waals surface area (Å²) in [5, 5.41) is 0. The first kappa shape index (κ1) is 18.9. The first-order chi connectivity index (χ1) is 9.90. The minimum absolute atomic E-state index is 0.0360. The lowest BCUT2D eigenvalue weighted by Gasteiger charge is -2.23. The lowest BCUT2D eigenvalue weighted by molar-refractivity contribution is -0.153. The Kier molecular flexibility index (Phi) is 5.97. The Labute approximate surface area is 131 Å².